The van der Waals surface area contributed by atoms with Crippen LogP contribution in [0.3, 0.4) is 0 Å². The van der Waals surface area contributed by atoms with Crippen molar-refractivity contribution in [2.45, 2.75) is 52.8 Å². The molecule has 1 fully saturated rings. The highest BCUT2D eigenvalue weighted by atomic mass is 16.6. The molecule has 1 aliphatic rings. The molecule has 0 spiro atoms. The van der Waals surface area contributed by atoms with Gasteiger partial charge in [-0.1, -0.05) is 43.3 Å². The number of aromatic nitrogens is 3. The molecule has 2 heterocycles. The number of anilines is 1. The third-order valence-electron chi connectivity index (χ3n) is 6.62. The zero-order valence-electron chi connectivity index (χ0n) is 23.3. The predicted molar refractivity (Wildman–Crippen MR) is 150 cm³/mol. The molecule has 2 aromatic carbocycles. The summed E-state index contributed by atoms with van der Waals surface area (Å²) in [5.74, 6) is 1.01. The van der Waals surface area contributed by atoms with Crippen LogP contribution in [-0.2, 0) is 24.2 Å². The number of carbonyl (C=O) groups is 1. The Balaban J connectivity index is 1.65. The number of piperazine rings is 1. The molecule has 4 rings (SSSR count). The molecule has 10 heteroatoms. The molecule has 0 atom stereocenters. The summed E-state index contributed by atoms with van der Waals surface area (Å²) in [6.45, 7) is 9.53. The Hall–Kier alpha value is -4.08. The fraction of sp³-hybridized carbons (Fsp3) is 0.448. The van der Waals surface area contributed by atoms with Crippen molar-refractivity contribution in [3.63, 3.8) is 0 Å². The molecule has 1 aliphatic heterocycles. The van der Waals surface area contributed by atoms with E-state index in [1.165, 1.54) is 14.7 Å². The van der Waals surface area contributed by atoms with E-state index >= 15 is 0 Å². The zero-order chi connectivity index (χ0) is 28.2. The van der Waals surface area contributed by atoms with Gasteiger partial charge in [-0.15, -0.1) is 0 Å². The van der Waals surface area contributed by atoms with Crippen LogP contribution >= 0.6 is 0 Å². The Labute approximate surface area is 228 Å². The molecule has 39 heavy (non-hydrogen) atoms. The Morgan fingerprint density at radius 2 is 1.38 bits per heavy atom. The normalized spacial score (nSPS) is 13.9. The number of amides is 1. The first-order chi connectivity index (χ1) is 18.6. The summed E-state index contributed by atoms with van der Waals surface area (Å²) in [4.78, 5) is 47.4. The molecule has 1 saturated heterocycles. The van der Waals surface area contributed by atoms with Crippen molar-refractivity contribution in [3.8, 4) is 5.75 Å². The SMILES string of the molecule is CCc1ccc(Cn2c(=O)nc(N3CCN(C(=O)OC(C)(C)C)CC3)n(Cc3ccc(OC)cc3)c2=O)cc1. The van der Waals surface area contributed by atoms with Crippen LogP contribution in [0.5, 0.6) is 5.75 Å². The molecule has 0 unspecified atom stereocenters. The average molecular weight is 536 g/mol. The number of aryl methyl sites for hydroxylation is 1. The Kier molecular flexibility index (Phi) is 8.42. The van der Waals surface area contributed by atoms with Crippen LogP contribution in [0.1, 0.15) is 44.4 Å². The fourth-order valence-electron chi connectivity index (χ4n) is 4.43. The van der Waals surface area contributed by atoms with E-state index in [9.17, 15) is 14.4 Å². The number of benzene rings is 2. The smallest absolute Gasteiger partial charge is 0.410 e. The van der Waals surface area contributed by atoms with E-state index in [2.05, 4.69) is 11.9 Å². The van der Waals surface area contributed by atoms with Crippen LogP contribution in [0, 0.1) is 0 Å². The van der Waals surface area contributed by atoms with Crippen LogP contribution in [0.4, 0.5) is 10.7 Å². The van der Waals surface area contributed by atoms with Gasteiger partial charge in [0.25, 0.3) is 0 Å². The van der Waals surface area contributed by atoms with E-state index in [1.54, 1.807) is 12.0 Å². The molecule has 1 amide bonds. The second-order valence-corrected chi connectivity index (χ2v) is 10.6. The third kappa shape index (κ3) is 6.87. The number of carbonyl (C=O) groups excluding carboxylic acids is 1. The van der Waals surface area contributed by atoms with Crippen molar-refractivity contribution in [2.24, 2.45) is 0 Å². The number of hydrogen-bond donors (Lipinski definition) is 0. The minimum absolute atomic E-state index is 0.129. The largest absolute Gasteiger partial charge is 0.497 e. The van der Waals surface area contributed by atoms with E-state index in [0.29, 0.717) is 37.9 Å². The second-order valence-electron chi connectivity index (χ2n) is 10.6. The molecule has 0 saturated carbocycles. The third-order valence-corrected chi connectivity index (χ3v) is 6.62. The molecule has 0 bridgehead atoms. The summed E-state index contributed by atoms with van der Waals surface area (Å²) in [7, 11) is 1.60. The first-order valence-corrected chi connectivity index (χ1v) is 13.2. The van der Waals surface area contributed by atoms with E-state index < -0.39 is 17.0 Å². The van der Waals surface area contributed by atoms with Gasteiger partial charge in [0.05, 0.1) is 20.2 Å². The maximum atomic E-state index is 13.8. The summed E-state index contributed by atoms with van der Waals surface area (Å²) in [6, 6.07) is 15.3. The van der Waals surface area contributed by atoms with Crippen LogP contribution in [-0.4, -0.2) is 64.0 Å². The van der Waals surface area contributed by atoms with Crippen LogP contribution in [0.25, 0.3) is 0 Å². The Morgan fingerprint density at radius 3 is 1.92 bits per heavy atom. The van der Waals surface area contributed by atoms with Crippen molar-refractivity contribution in [2.75, 3.05) is 38.2 Å². The summed E-state index contributed by atoms with van der Waals surface area (Å²) >= 11 is 0. The Bertz CT molecular complexity index is 1400. The standard InChI is InChI=1S/C29H37N5O5/c1-6-21-7-9-22(10-8-21)20-34-26(35)30-25(31-15-17-32(18-16-31)28(37)39-29(2,3)4)33(27(34)36)19-23-11-13-24(38-5)14-12-23/h7-14H,6,15-20H2,1-5H3. The fourth-order valence-corrected chi connectivity index (χ4v) is 4.43. The minimum atomic E-state index is -0.602. The topological polar surface area (TPSA) is 98.9 Å². The first kappa shape index (κ1) is 27.9. The monoisotopic (exact) mass is 535 g/mol. The van der Waals surface area contributed by atoms with Gasteiger partial charge in [-0.25, -0.2) is 19.0 Å². The van der Waals surface area contributed by atoms with E-state index in [0.717, 1.165) is 17.5 Å². The number of ether oxygens (including phenoxy) is 2. The number of hydrogen-bond acceptors (Lipinski definition) is 7. The van der Waals surface area contributed by atoms with Crippen molar-refractivity contribution >= 4 is 12.0 Å². The lowest BCUT2D eigenvalue weighted by molar-refractivity contribution is 0.0239. The van der Waals surface area contributed by atoms with E-state index in [4.69, 9.17) is 9.47 Å². The molecular formula is C29H37N5O5. The molecule has 1 aromatic heterocycles. The molecule has 0 aliphatic carbocycles. The highest BCUT2D eigenvalue weighted by Crippen LogP contribution is 2.17. The first-order valence-electron chi connectivity index (χ1n) is 13.2. The zero-order valence-corrected chi connectivity index (χ0v) is 23.3. The van der Waals surface area contributed by atoms with Gasteiger partial charge in [0.15, 0.2) is 0 Å². The van der Waals surface area contributed by atoms with Crippen molar-refractivity contribution in [1.29, 1.82) is 0 Å². The van der Waals surface area contributed by atoms with Gasteiger partial charge >= 0.3 is 17.5 Å². The van der Waals surface area contributed by atoms with Crippen molar-refractivity contribution < 1.29 is 14.3 Å². The quantitative estimate of drug-likeness (QED) is 0.458. The summed E-state index contributed by atoms with van der Waals surface area (Å²) in [5.41, 5.74) is 1.27. The molecule has 10 nitrogen and oxygen atoms in total. The van der Waals surface area contributed by atoms with Gasteiger partial charge in [0.1, 0.15) is 11.4 Å². The van der Waals surface area contributed by atoms with Gasteiger partial charge < -0.3 is 19.3 Å². The van der Waals surface area contributed by atoms with Gasteiger partial charge in [-0.2, -0.15) is 4.98 Å². The Morgan fingerprint density at radius 1 is 0.846 bits per heavy atom. The van der Waals surface area contributed by atoms with Crippen molar-refractivity contribution in [1.82, 2.24) is 19.0 Å². The van der Waals surface area contributed by atoms with Gasteiger partial charge in [-0.05, 0) is 56.0 Å². The molecule has 3 aromatic rings. The van der Waals surface area contributed by atoms with Gasteiger partial charge in [0.2, 0.25) is 5.95 Å². The molecule has 0 N–H and O–H groups in total. The van der Waals surface area contributed by atoms with Gasteiger partial charge in [0, 0.05) is 26.2 Å². The highest BCUT2D eigenvalue weighted by molar-refractivity contribution is 5.68. The second kappa shape index (κ2) is 11.8. The van der Waals surface area contributed by atoms with Crippen molar-refractivity contribution in [3.05, 3.63) is 86.2 Å². The predicted octanol–water partition coefficient (Wildman–Crippen LogP) is 3.13. The van der Waals surface area contributed by atoms with E-state index in [1.807, 2.05) is 74.2 Å². The summed E-state index contributed by atoms with van der Waals surface area (Å²) < 4.78 is 13.5. The van der Waals surface area contributed by atoms with Gasteiger partial charge in [-0.3, -0.25) is 4.57 Å². The lowest BCUT2D eigenvalue weighted by atomic mass is 10.1. The lowest BCUT2D eigenvalue weighted by Crippen LogP contribution is -2.53. The van der Waals surface area contributed by atoms with Crippen LogP contribution in [0.2, 0.25) is 0 Å². The van der Waals surface area contributed by atoms with E-state index in [-0.39, 0.29) is 19.2 Å². The maximum Gasteiger partial charge on any atom is 0.410 e. The maximum absolute atomic E-state index is 13.8. The highest BCUT2D eigenvalue weighted by Gasteiger charge is 2.28. The lowest BCUT2D eigenvalue weighted by Gasteiger charge is -2.36. The number of nitrogens with zero attached hydrogens (tertiary/aromatic N) is 5. The number of methoxy groups -OCH3 is 1. The number of rotatable bonds is 7. The van der Waals surface area contributed by atoms with Crippen LogP contribution in [0.15, 0.2) is 58.1 Å². The summed E-state index contributed by atoms with van der Waals surface area (Å²) in [6.07, 6.45) is 0.530. The molecular weight excluding hydrogens is 498 g/mol. The molecule has 0 radical (unpaired) electrons. The average Bonchev–Trinajstić information content (AvgIpc) is 2.92. The van der Waals surface area contributed by atoms with Crippen LogP contribution < -0.4 is 21.0 Å². The molecule has 208 valence electrons. The minimum Gasteiger partial charge on any atom is -0.497 e. The summed E-state index contributed by atoms with van der Waals surface area (Å²) in [5, 5.41) is 0.